The van der Waals surface area contributed by atoms with Crippen LogP contribution in [0.1, 0.15) is 22.8 Å². The molecule has 0 aliphatic heterocycles. The summed E-state index contributed by atoms with van der Waals surface area (Å²) in [6, 6.07) is 7.47. The zero-order valence-electron chi connectivity index (χ0n) is 14.1. The largest absolute Gasteiger partial charge is 0.506 e. The quantitative estimate of drug-likeness (QED) is 0.676. The van der Waals surface area contributed by atoms with E-state index in [4.69, 9.17) is 9.84 Å². The number of benzene rings is 1. The van der Waals surface area contributed by atoms with Gasteiger partial charge in [0.05, 0.1) is 24.0 Å². The van der Waals surface area contributed by atoms with Crippen molar-refractivity contribution in [1.82, 2.24) is 9.55 Å². The molecule has 0 unspecified atom stereocenters. The molecule has 7 nitrogen and oxygen atoms in total. The Balaban J connectivity index is 2.33. The van der Waals surface area contributed by atoms with Crippen molar-refractivity contribution in [1.29, 1.82) is 0 Å². The Hall–Kier alpha value is -3.22. The maximum Gasteiger partial charge on any atom is 0.345 e. The number of methoxy groups -OCH3 is 1. The van der Waals surface area contributed by atoms with E-state index < -0.39 is 22.8 Å². The Morgan fingerprint density at radius 1 is 1.32 bits per heavy atom. The second-order valence-corrected chi connectivity index (χ2v) is 5.70. The molecule has 1 aromatic carbocycles. The minimum absolute atomic E-state index is 0.364. The van der Waals surface area contributed by atoms with Gasteiger partial charge in [-0.25, -0.2) is 4.79 Å². The number of carboxylic acid groups (broad SMARTS) is 1. The maximum atomic E-state index is 12.1. The molecule has 130 valence electrons. The first kappa shape index (κ1) is 16.6. The number of pyridine rings is 1. The third-order valence-corrected chi connectivity index (χ3v) is 4.37. The lowest BCUT2D eigenvalue weighted by Crippen LogP contribution is -2.20. The average molecular weight is 342 g/mol. The van der Waals surface area contributed by atoms with Gasteiger partial charge in [0.2, 0.25) is 0 Å². The van der Waals surface area contributed by atoms with E-state index in [0.717, 1.165) is 10.9 Å². The monoisotopic (exact) mass is 342 g/mol. The summed E-state index contributed by atoms with van der Waals surface area (Å²) in [5, 5.41) is 20.4. The van der Waals surface area contributed by atoms with Crippen LogP contribution in [0.5, 0.6) is 11.5 Å². The lowest BCUT2D eigenvalue weighted by molar-refractivity contribution is 0.0691. The van der Waals surface area contributed by atoms with E-state index in [-0.39, 0.29) is 0 Å². The molecule has 2 aromatic heterocycles. The SMILES string of the molecule is CCc1c(-c2cc3ccc(OC)cc3n2C)[nH]c(=O)c(C(=O)O)c1O. The molecule has 25 heavy (non-hydrogen) atoms. The first-order chi connectivity index (χ1) is 11.9. The van der Waals surface area contributed by atoms with Gasteiger partial charge in [0.25, 0.3) is 5.56 Å². The fourth-order valence-corrected chi connectivity index (χ4v) is 3.07. The predicted molar refractivity (Wildman–Crippen MR) is 93.5 cm³/mol. The summed E-state index contributed by atoms with van der Waals surface area (Å²) in [6.07, 6.45) is 0.364. The molecular weight excluding hydrogens is 324 g/mol. The molecule has 0 aliphatic rings. The Morgan fingerprint density at radius 2 is 2.04 bits per heavy atom. The van der Waals surface area contributed by atoms with E-state index in [0.29, 0.717) is 29.1 Å². The molecule has 3 aromatic rings. The number of hydrogen-bond acceptors (Lipinski definition) is 4. The molecule has 2 heterocycles. The van der Waals surface area contributed by atoms with Crippen LogP contribution < -0.4 is 10.3 Å². The lowest BCUT2D eigenvalue weighted by Gasteiger charge is -2.12. The smallest absolute Gasteiger partial charge is 0.345 e. The van der Waals surface area contributed by atoms with Gasteiger partial charge in [-0.15, -0.1) is 0 Å². The van der Waals surface area contributed by atoms with Gasteiger partial charge in [-0.3, -0.25) is 4.79 Å². The zero-order chi connectivity index (χ0) is 18.3. The summed E-state index contributed by atoms with van der Waals surface area (Å²) < 4.78 is 7.10. The normalized spacial score (nSPS) is 11.0. The van der Waals surface area contributed by atoms with Crippen LogP contribution in [0.2, 0.25) is 0 Å². The number of aryl methyl sites for hydroxylation is 1. The van der Waals surface area contributed by atoms with Crippen LogP contribution in [-0.4, -0.2) is 32.8 Å². The second-order valence-electron chi connectivity index (χ2n) is 5.70. The number of aromatic hydroxyl groups is 1. The molecule has 0 bridgehead atoms. The molecule has 3 rings (SSSR count). The molecule has 0 atom stereocenters. The van der Waals surface area contributed by atoms with Crippen LogP contribution in [0.3, 0.4) is 0 Å². The number of carboxylic acids is 1. The number of H-pyrrole nitrogens is 1. The van der Waals surface area contributed by atoms with Crippen LogP contribution in [0.15, 0.2) is 29.1 Å². The number of nitrogens with zero attached hydrogens (tertiary/aromatic N) is 1. The highest BCUT2D eigenvalue weighted by Crippen LogP contribution is 2.33. The summed E-state index contributed by atoms with van der Waals surface area (Å²) in [5.74, 6) is -1.24. The van der Waals surface area contributed by atoms with Crippen LogP contribution in [0, 0.1) is 0 Å². The second kappa shape index (κ2) is 6.01. The van der Waals surface area contributed by atoms with Gasteiger partial charge in [-0.2, -0.15) is 0 Å². The predicted octanol–water partition coefficient (Wildman–Crippen LogP) is 2.51. The minimum atomic E-state index is -1.46. The average Bonchev–Trinajstić information content (AvgIpc) is 2.90. The van der Waals surface area contributed by atoms with Crippen molar-refractivity contribution in [3.8, 4) is 22.9 Å². The number of aromatic amines is 1. The Morgan fingerprint density at radius 3 is 2.64 bits per heavy atom. The molecule has 0 amide bonds. The van der Waals surface area contributed by atoms with E-state index in [1.807, 2.05) is 35.9 Å². The number of fused-ring (bicyclic) bond motifs is 1. The number of aromatic carboxylic acids is 1. The third kappa shape index (κ3) is 2.53. The summed E-state index contributed by atoms with van der Waals surface area (Å²) in [6.45, 7) is 1.79. The number of carbonyl (C=O) groups is 1. The molecule has 0 fully saturated rings. The Bertz CT molecular complexity index is 1050. The first-order valence-electron chi connectivity index (χ1n) is 7.74. The van der Waals surface area contributed by atoms with Crippen LogP contribution >= 0.6 is 0 Å². The van der Waals surface area contributed by atoms with E-state index >= 15 is 0 Å². The first-order valence-corrected chi connectivity index (χ1v) is 7.74. The topological polar surface area (TPSA) is 105 Å². The van der Waals surface area contributed by atoms with E-state index in [9.17, 15) is 14.7 Å². The Labute approximate surface area is 143 Å². The summed E-state index contributed by atoms with van der Waals surface area (Å²) >= 11 is 0. The van der Waals surface area contributed by atoms with Gasteiger partial charge in [0.1, 0.15) is 11.5 Å². The zero-order valence-corrected chi connectivity index (χ0v) is 14.1. The fourth-order valence-electron chi connectivity index (χ4n) is 3.07. The fraction of sp³-hybridized carbons (Fsp3) is 0.222. The summed E-state index contributed by atoms with van der Waals surface area (Å²) in [5.41, 5.74) is 0.882. The van der Waals surface area contributed by atoms with Crippen molar-refractivity contribution in [2.45, 2.75) is 13.3 Å². The van der Waals surface area contributed by atoms with Gasteiger partial charge in [0, 0.05) is 24.1 Å². The molecule has 0 saturated carbocycles. The van der Waals surface area contributed by atoms with E-state index in [1.54, 1.807) is 14.0 Å². The van der Waals surface area contributed by atoms with Crippen molar-refractivity contribution in [3.63, 3.8) is 0 Å². The molecule has 0 aliphatic carbocycles. The number of rotatable bonds is 4. The highest BCUT2D eigenvalue weighted by molar-refractivity contribution is 5.93. The maximum absolute atomic E-state index is 12.1. The molecular formula is C18H18N2O5. The number of aromatic nitrogens is 2. The number of ether oxygens (including phenoxy) is 1. The highest BCUT2D eigenvalue weighted by Gasteiger charge is 2.23. The van der Waals surface area contributed by atoms with Crippen molar-refractivity contribution in [3.05, 3.63) is 45.7 Å². The van der Waals surface area contributed by atoms with Gasteiger partial charge < -0.3 is 24.5 Å². The van der Waals surface area contributed by atoms with E-state index in [1.165, 1.54) is 0 Å². The summed E-state index contributed by atoms with van der Waals surface area (Å²) in [4.78, 5) is 26.0. The van der Waals surface area contributed by atoms with Gasteiger partial charge in [-0.1, -0.05) is 6.92 Å². The van der Waals surface area contributed by atoms with Crippen molar-refractivity contribution < 1.29 is 19.7 Å². The van der Waals surface area contributed by atoms with Crippen molar-refractivity contribution in [2.24, 2.45) is 7.05 Å². The highest BCUT2D eigenvalue weighted by atomic mass is 16.5. The number of hydrogen-bond donors (Lipinski definition) is 3. The standard InChI is InChI=1S/C18H18N2O5/c1-4-11-15(19-17(22)14(16(11)21)18(23)24)13-7-9-5-6-10(25-3)8-12(9)20(13)2/h5-8H,4H2,1-3H3,(H,23,24)(H2,19,21,22). The molecule has 0 saturated heterocycles. The minimum Gasteiger partial charge on any atom is -0.506 e. The summed E-state index contributed by atoms with van der Waals surface area (Å²) in [7, 11) is 3.41. The number of nitrogens with one attached hydrogen (secondary N) is 1. The van der Waals surface area contributed by atoms with E-state index in [2.05, 4.69) is 4.98 Å². The van der Waals surface area contributed by atoms with Gasteiger partial charge in [-0.05, 0) is 24.6 Å². The Kier molecular flexibility index (Phi) is 4.00. The van der Waals surface area contributed by atoms with Crippen LogP contribution in [0.4, 0.5) is 0 Å². The third-order valence-electron chi connectivity index (χ3n) is 4.37. The van der Waals surface area contributed by atoms with Crippen molar-refractivity contribution in [2.75, 3.05) is 7.11 Å². The van der Waals surface area contributed by atoms with Crippen LogP contribution in [0.25, 0.3) is 22.3 Å². The van der Waals surface area contributed by atoms with Gasteiger partial charge in [0.15, 0.2) is 5.56 Å². The molecule has 0 radical (unpaired) electrons. The molecule has 7 heteroatoms. The molecule has 3 N–H and O–H groups in total. The van der Waals surface area contributed by atoms with Crippen molar-refractivity contribution >= 4 is 16.9 Å². The molecule has 0 spiro atoms. The van der Waals surface area contributed by atoms with Gasteiger partial charge >= 0.3 is 5.97 Å². The lowest BCUT2D eigenvalue weighted by atomic mass is 10.0. The van der Waals surface area contributed by atoms with Crippen LogP contribution in [-0.2, 0) is 13.5 Å².